The van der Waals surface area contributed by atoms with Crippen molar-refractivity contribution in [3.63, 3.8) is 0 Å². The minimum Gasteiger partial charge on any atom is -0.496 e. The first-order valence-electron chi connectivity index (χ1n) is 4.38. The second-order valence-electron chi connectivity index (χ2n) is 3.46. The van der Waals surface area contributed by atoms with Gasteiger partial charge in [-0.05, 0) is 13.0 Å². The number of methoxy groups -OCH3 is 1. The third-order valence-corrected chi connectivity index (χ3v) is 2.39. The predicted octanol–water partition coefficient (Wildman–Crippen LogP) is 1.23. The number of aryl methyl sites for hydroxylation is 1. The molecule has 0 bridgehead atoms. The number of hydrazine groups is 1. The van der Waals surface area contributed by atoms with Gasteiger partial charge in [0.1, 0.15) is 5.75 Å². The standard InChI is InChI=1S/C10H14N2O/c1-7-3-4-10(13-2)8(5-7)9-6-12(9)11/h3-5,9H,6,11H2,1-2H3. The van der Waals surface area contributed by atoms with Crippen molar-refractivity contribution < 1.29 is 4.74 Å². The second kappa shape index (κ2) is 3.01. The summed E-state index contributed by atoms with van der Waals surface area (Å²) in [4.78, 5) is 0. The van der Waals surface area contributed by atoms with Gasteiger partial charge in [-0.25, -0.2) is 5.01 Å². The van der Waals surface area contributed by atoms with Crippen LogP contribution in [0.5, 0.6) is 5.75 Å². The third kappa shape index (κ3) is 1.53. The zero-order chi connectivity index (χ0) is 9.42. The second-order valence-corrected chi connectivity index (χ2v) is 3.46. The van der Waals surface area contributed by atoms with Crippen molar-refractivity contribution in [3.8, 4) is 5.75 Å². The zero-order valence-electron chi connectivity index (χ0n) is 7.95. The number of benzene rings is 1. The molecule has 70 valence electrons. The van der Waals surface area contributed by atoms with Gasteiger partial charge < -0.3 is 4.74 Å². The highest BCUT2D eigenvalue weighted by Crippen LogP contribution is 2.37. The molecule has 1 fully saturated rings. The van der Waals surface area contributed by atoms with Crippen molar-refractivity contribution in [1.82, 2.24) is 5.01 Å². The van der Waals surface area contributed by atoms with E-state index in [1.54, 1.807) is 12.1 Å². The maximum atomic E-state index is 5.65. The van der Waals surface area contributed by atoms with Gasteiger partial charge in [0.2, 0.25) is 0 Å². The fraction of sp³-hybridized carbons (Fsp3) is 0.400. The van der Waals surface area contributed by atoms with Gasteiger partial charge >= 0.3 is 0 Å². The maximum absolute atomic E-state index is 5.65. The Morgan fingerprint density at radius 1 is 1.54 bits per heavy atom. The molecule has 2 N–H and O–H groups in total. The summed E-state index contributed by atoms with van der Waals surface area (Å²) >= 11 is 0. The van der Waals surface area contributed by atoms with Crippen LogP contribution in [-0.2, 0) is 0 Å². The summed E-state index contributed by atoms with van der Waals surface area (Å²) in [6.07, 6.45) is 0. The highest BCUT2D eigenvalue weighted by atomic mass is 16.5. The Kier molecular flexibility index (Phi) is 1.98. The summed E-state index contributed by atoms with van der Waals surface area (Å²) in [5.41, 5.74) is 2.45. The third-order valence-electron chi connectivity index (χ3n) is 2.39. The normalized spacial score (nSPS) is 25.8. The van der Waals surface area contributed by atoms with E-state index in [1.807, 2.05) is 12.1 Å². The van der Waals surface area contributed by atoms with E-state index in [9.17, 15) is 0 Å². The first kappa shape index (κ1) is 8.53. The van der Waals surface area contributed by atoms with Gasteiger partial charge in [0.25, 0.3) is 0 Å². The summed E-state index contributed by atoms with van der Waals surface area (Å²) in [5.74, 6) is 6.58. The minimum atomic E-state index is 0.356. The molecule has 2 rings (SSSR count). The lowest BCUT2D eigenvalue weighted by molar-refractivity contribution is 0.405. The van der Waals surface area contributed by atoms with E-state index < -0.39 is 0 Å². The summed E-state index contributed by atoms with van der Waals surface area (Å²) in [6, 6.07) is 6.54. The molecule has 0 radical (unpaired) electrons. The van der Waals surface area contributed by atoms with Crippen molar-refractivity contribution in [1.29, 1.82) is 0 Å². The van der Waals surface area contributed by atoms with Crippen molar-refractivity contribution in [2.24, 2.45) is 5.84 Å². The van der Waals surface area contributed by atoms with Gasteiger partial charge in [-0.15, -0.1) is 0 Å². The SMILES string of the molecule is COc1ccc(C)cc1C1CN1N. The molecular weight excluding hydrogens is 164 g/mol. The highest BCUT2D eigenvalue weighted by molar-refractivity contribution is 5.41. The molecule has 0 aliphatic carbocycles. The van der Waals surface area contributed by atoms with Crippen molar-refractivity contribution in [2.45, 2.75) is 13.0 Å². The quantitative estimate of drug-likeness (QED) is 0.547. The first-order valence-corrected chi connectivity index (χ1v) is 4.38. The van der Waals surface area contributed by atoms with Crippen LogP contribution >= 0.6 is 0 Å². The van der Waals surface area contributed by atoms with Gasteiger partial charge in [0, 0.05) is 12.1 Å². The van der Waals surface area contributed by atoms with Gasteiger partial charge in [-0.2, -0.15) is 0 Å². The highest BCUT2D eigenvalue weighted by Gasteiger charge is 2.34. The Morgan fingerprint density at radius 3 is 2.77 bits per heavy atom. The fourth-order valence-electron chi connectivity index (χ4n) is 1.54. The maximum Gasteiger partial charge on any atom is 0.123 e. The van der Waals surface area contributed by atoms with Crippen molar-refractivity contribution >= 4 is 0 Å². The topological polar surface area (TPSA) is 38.3 Å². The average molecular weight is 178 g/mol. The molecule has 1 saturated heterocycles. The Morgan fingerprint density at radius 2 is 2.23 bits per heavy atom. The molecule has 0 spiro atoms. The molecule has 1 aromatic carbocycles. The van der Waals surface area contributed by atoms with E-state index >= 15 is 0 Å². The smallest absolute Gasteiger partial charge is 0.123 e. The molecule has 2 atom stereocenters. The fourth-order valence-corrected chi connectivity index (χ4v) is 1.54. The van der Waals surface area contributed by atoms with Crippen LogP contribution in [0.1, 0.15) is 17.2 Å². The van der Waals surface area contributed by atoms with Crippen LogP contribution in [0.3, 0.4) is 0 Å². The van der Waals surface area contributed by atoms with E-state index in [0.717, 1.165) is 12.3 Å². The molecule has 0 amide bonds. The van der Waals surface area contributed by atoms with E-state index in [-0.39, 0.29) is 0 Å². The van der Waals surface area contributed by atoms with Gasteiger partial charge in [0.05, 0.1) is 13.2 Å². The van der Waals surface area contributed by atoms with Gasteiger partial charge in [-0.3, -0.25) is 5.84 Å². The molecular formula is C10H14N2O. The minimum absolute atomic E-state index is 0.356. The molecule has 1 aliphatic rings. The summed E-state index contributed by atoms with van der Waals surface area (Å²) < 4.78 is 5.27. The van der Waals surface area contributed by atoms with Crippen molar-refractivity contribution in [2.75, 3.05) is 13.7 Å². The molecule has 1 aromatic rings. The van der Waals surface area contributed by atoms with Crippen molar-refractivity contribution in [3.05, 3.63) is 29.3 Å². The number of rotatable bonds is 2. The predicted molar refractivity (Wildman–Crippen MR) is 51.4 cm³/mol. The molecule has 2 unspecified atom stereocenters. The Labute approximate surface area is 78.1 Å². The van der Waals surface area contributed by atoms with E-state index in [1.165, 1.54) is 11.1 Å². The lowest BCUT2D eigenvalue weighted by Crippen LogP contribution is -2.06. The van der Waals surface area contributed by atoms with Crippen LogP contribution in [0.2, 0.25) is 0 Å². The Balaban J connectivity index is 2.35. The number of ether oxygens (including phenoxy) is 1. The number of nitrogens with two attached hydrogens (primary N) is 1. The lowest BCUT2D eigenvalue weighted by Gasteiger charge is -2.07. The molecule has 1 heterocycles. The monoisotopic (exact) mass is 178 g/mol. The summed E-state index contributed by atoms with van der Waals surface area (Å²) in [6.45, 7) is 3.01. The largest absolute Gasteiger partial charge is 0.496 e. The Hall–Kier alpha value is -1.06. The number of hydrogen-bond donors (Lipinski definition) is 1. The van der Waals surface area contributed by atoms with Gasteiger partial charge in [-0.1, -0.05) is 17.7 Å². The van der Waals surface area contributed by atoms with Crippen LogP contribution < -0.4 is 10.6 Å². The molecule has 13 heavy (non-hydrogen) atoms. The summed E-state index contributed by atoms with van der Waals surface area (Å²) in [7, 11) is 1.69. The molecule has 1 aliphatic heterocycles. The van der Waals surface area contributed by atoms with Crippen LogP contribution in [-0.4, -0.2) is 18.7 Å². The van der Waals surface area contributed by atoms with Crippen LogP contribution in [0, 0.1) is 6.92 Å². The summed E-state index contributed by atoms with van der Waals surface area (Å²) in [5, 5.41) is 1.80. The van der Waals surface area contributed by atoms with Crippen LogP contribution in [0.15, 0.2) is 18.2 Å². The Bertz CT molecular complexity index is 325. The molecule has 0 aromatic heterocycles. The van der Waals surface area contributed by atoms with Gasteiger partial charge in [0.15, 0.2) is 0 Å². The molecule has 3 nitrogen and oxygen atoms in total. The van der Waals surface area contributed by atoms with E-state index in [2.05, 4.69) is 13.0 Å². The van der Waals surface area contributed by atoms with Crippen LogP contribution in [0.25, 0.3) is 0 Å². The first-order chi connectivity index (χ1) is 6.22. The molecule has 3 heteroatoms. The van der Waals surface area contributed by atoms with Crippen LogP contribution in [0.4, 0.5) is 0 Å². The molecule has 0 saturated carbocycles. The number of nitrogens with zero attached hydrogens (tertiary/aromatic N) is 1. The average Bonchev–Trinajstić information content (AvgIpc) is 2.82. The van der Waals surface area contributed by atoms with E-state index in [0.29, 0.717) is 6.04 Å². The van der Waals surface area contributed by atoms with E-state index in [4.69, 9.17) is 10.6 Å². The number of hydrogen-bond acceptors (Lipinski definition) is 3. The zero-order valence-corrected chi connectivity index (χ0v) is 7.95. The lowest BCUT2D eigenvalue weighted by atomic mass is 10.1.